The predicted molar refractivity (Wildman–Crippen MR) is 49.4 cm³/mol. The maximum Gasteiger partial charge on any atom is 0.0406 e. The number of aromatic nitrogens is 1. The van der Waals surface area contributed by atoms with Crippen LogP contribution in [0.15, 0.2) is 23.4 Å². The first-order chi connectivity index (χ1) is 4.84. The summed E-state index contributed by atoms with van der Waals surface area (Å²) in [6.45, 7) is 2.10. The van der Waals surface area contributed by atoms with Gasteiger partial charge in [0.15, 0.2) is 0 Å². The molecule has 1 aromatic heterocycles. The molecule has 0 saturated carbocycles. The number of pyridine rings is 1. The summed E-state index contributed by atoms with van der Waals surface area (Å²) in [6, 6.07) is 2.03. The minimum Gasteiger partial charge on any atom is -0.264 e. The van der Waals surface area contributed by atoms with Crippen molar-refractivity contribution < 1.29 is 0 Å². The summed E-state index contributed by atoms with van der Waals surface area (Å²) in [4.78, 5) is 5.31. The highest BCUT2D eigenvalue weighted by atomic mass is 32.2. The molecule has 10 heavy (non-hydrogen) atoms. The molecule has 0 amide bonds. The summed E-state index contributed by atoms with van der Waals surface area (Å²) in [5, 5.41) is 0. The average Bonchev–Trinajstić information content (AvgIpc) is 1.94. The molecule has 0 aliphatic heterocycles. The molecule has 0 fully saturated rings. The number of hydrogen-bond donors (Lipinski definition) is 0. The van der Waals surface area contributed by atoms with Gasteiger partial charge in [-0.05, 0) is 18.6 Å². The van der Waals surface area contributed by atoms with Crippen LogP contribution in [0, 0.1) is 6.92 Å². The van der Waals surface area contributed by atoms with Gasteiger partial charge in [0.25, 0.3) is 0 Å². The van der Waals surface area contributed by atoms with Gasteiger partial charge in [-0.25, -0.2) is 0 Å². The Labute approximate surface area is 67.8 Å². The zero-order valence-corrected chi connectivity index (χ0v) is 7.84. The third-order valence-corrected chi connectivity index (χ3v) is 2.63. The maximum atomic E-state index is 4.03. The topological polar surface area (TPSA) is 12.9 Å². The summed E-state index contributed by atoms with van der Waals surface area (Å²) >= 11 is 1.80. The lowest BCUT2D eigenvalue weighted by atomic mass is 10.3. The van der Waals surface area contributed by atoms with Crippen molar-refractivity contribution >= 4 is 21.0 Å². The standard InChI is InChI=1S/C7H10NPS/c1-6-2-3-8-4-7(6)10-5-9/h2-4H,5,9H2,1H3. The van der Waals surface area contributed by atoms with Gasteiger partial charge in [-0.1, -0.05) is 0 Å². The lowest BCUT2D eigenvalue weighted by molar-refractivity contribution is 1.18. The lowest BCUT2D eigenvalue weighted by Crippen LogP contribution is -1.79. The SMILES string of the molecule is Cc1ccncc1SCP. The van der Waals surface area contributed by atoms with Crippen molar-refractivity contribution in [3.05, 3.63) is 24.0 Å². The van der Waals surface area contributed by atoms with E-state index in [0.717, 1.165) is 5.49 Å². The number of nitrogens with zero attached hydrogens (tertiary/aromatic N) is 1. The van der Waals surface area contributed by atoms with Gasteiger partial charge in [0.2, 0.25) is 0 Å². The van der Waals surface area contributed by atoms with Gasteiger partial charge in [0, 0.05) is 22.8 Å². The van der Waals surface area contributed by atoms with E-state index in [4.69, 9.17) is 0 Å². The van der Waals surface area contributed by atoms with E-state index in [0.29, 0.717) is 0 Å². The third-order valence-electron chi connectivity index (χ3n) is 1.23. The molecule has 1 nitrogen and oxygen atoms in total. The van der Waals surface area contributed by atoms with Crippen LogP contribution in [0.2, 0.25) is 0 Å². The number of rotatable bonds is 2. The van der Waals surface area contributed by atoms with Crippen LogP contribution < -0.4 is 0 Å². The molecule has 1 aromatic rings. The van der Waals surface area contributed by atoms with Crippen LogP contribution in [-0.4, -0.2) is 10.5 Å². The van der Waals surface area contributed by atoms with Gasteiger partial charge in [0.05, 0.1) is 0 Å². The predicted octanol–water partition coefficient (Wildman–Crippen LogP) is 2.31. The van der Waals surface area contributed by atoms with Crippen molar-refractivity contribution in [2.75, 3.05) is 5.49 Å². The minimum atomic E-state index is 1.03. The maximum absolute atomic E-state index is 4.03. The van der Waals surface area contributed by atoms with Crippen LogP contribution in [0.4, 0.5) is 0 Å². The van der Waals surface area contributed by atoms with Gasteiger partial charge in [-0.15, -0.1) is 21.0 Å². The summed E-state index contributed by atoms with van der Waals surface area (Å²) in [5.74, 6) is 0. The summed E-state index contributed by atoms with van der Waals surface area (Å²) in [6.07, 6.45) is 3.73. The minimum absolute atomic E-state index is 1.03. The molecule has 1 heterocycles. The molecule has 0 N–H and O–H groups in total. The molecular weight excluding hydrogens is 161 g/mol. The van der Waals surface area contributed by atoms with Gasteiger partial charge < -0.3 is 0 Å². The number of thioether (sulfide) groups is 1. The third kappa shape index (κ3) is 1.96. The van der Waals surface area contributed by atoms with Crippen molar-refractivity contribution in [1.82, 2.24) is 4.98 Å². The van der Waals surface area contributed by atoms with Crippen molar-refractivity contribution in [1.29, 1.82) is 0 Å². The van der Waals surface area contributed by atoms with Crippen LogP contribution in [0.1, 0.15) is 5.56 Å². The molecule has 54 valence electrons. The van der Waals surface area contributed by atoms with E-state index in [1.54, 1.807) is 11.8 Å². The van der Waals surface area contributed by atoms with Crippen LogP contribution in [0.5, 0.6) is 0 Å². The quantitative estimate of drug-likeness (QED) is 0.500. The molecule has 0 spiro atoms. The van der Waals surface area contributed by atoms with Crippen molar-refractivity contribution in [2.45, 2.75) is 11.8 Å². The fourth-order valence-electron chi connectivity index (χ4n) is 0.690. The fourth-order valence-corrected chi connectivity index (χ4v) is 1.84. The Morgan fingerprint density at radius 3 is 3.10 bits per heavy atom. The zero-order chi connectivity index (χ0) is 7.40. The van der Waals surface area contributed by atoms with E-state index >= 15 is 0 Å². The van der Waals surface area contributed by atoms with Gasteiger partial charge in [0.1, 0.15) is 0 Å². The Balaban J connectivity index is 2.81. The smallest absolute Gasteiger partial charge is 0.0406 e. The molecule has 1 rings (SSSR count). The highest BCUT2D eigenvalue weighted by Crippen LogP contribution is 2.21. The molecule has 3 heteroatoms. The molecular formula is C7H10NPS. The second kappa shape index (κ2) is 3.95. The Bertz CT molecular complexity index is 215. The summed E-state index contributed by atoms with van der Waals surface area (Å²) in [7, 11) is 2.69. The average molecular weight is 171 g/mol. The molecule has 1 unspecified atom stereocenters. The van der Waals surface area contributed by atoms with Crippen molar-refractivity contribution in [3.63, 3.8) is 0 Å². The van der Waals surface area contributed by atoms with E-state index < -0.39 is 0 Å². The van der Waals surface area contributed by atoms with E-state index in [9.17, 15) is 0 Å². The molecule has 1 atom stereocenters. The second-order valence-electron chi connectivity index (χ2n) is 1.95. The van der Waals surface area contributed by atoms with E-state index in [2.05, 4.69) is 21.1 Å². The first-order valence-corrected chi connectivity index (χ1v) is 4.88. The largest absolute Gasteiger partial charge is 0.264 e. The molecule has 0 saturated heterocycles. The Hall–Kier alpha value is -0.0700. The van der Waals surface area contributed by atoms with Gasteiger partial charge in [-0.2, -0.15) is 0 Å². The Morgan fingerprint density at radius 1 is 1.70 bits per heavy atom. The molecule has 0 aliphatic carbocycles. The Kier molecular flexibility index (Phi) is 3.17. The van der Waals surface area contributed by atoms with E-state index in [1.165, 1.54) is 10.5 Å². The van der Waals surface area contributed by atoms with Crippen molar-refractivity contribution in [3.8, 4) is 0 Å². The fraction of sp³-hybridized carbons (Fsp3) is 0.286. The van der Waals surface area contributed by atoms with Crippen LogP contribution >= 0.6 is 21.0 Å². The molecule has 0 radical (unpaired) electrons. The summed E-state index contributed by atoms with van der Waals surface area (Å²) < 4.78 is 0. The summed E-state index contributed by atoms with van der Waals surface area (Å²) in [5.41, 5.74) is 2.34. The van der Waals surface area contributed by atoms with Crippen LogP contribution in [0.3, 0.4) is 0 Å². The molecule has 0 aromatic carbocycles. The Morgan fingerprint density at radius 2 is 2.50 bits per heavy atom. The molecule has 0 aliphatic rings. The highest BCUT2D eigenvalue weighted by molar-refractivity contribution is 8.02. The van der Waals surface area contributed by atoms with Gasteiger partial charge >= 0.3 is 0 Å². The first kappa shape index (κ1) is 8.03. The van der Waals surface area contributed by atoms with E-state index in [1.807, 2.05) is 18.5 Å². The second-order valence-corrected chi connectivity index (χ2v) is 4.01. The molecule has 0 bridgehead atoms. The highest BCUT2D eigenvalue weighted by Gasteiger charge is 1.94. The lowest BCUT2D eigenvalue weighted by Gasteiger charge is -1.99. The van der Waals surface area contributed by atoms with Crippen LogP contribution in [0.25, 0.3) is 0 Å². The van der Waals surface area contributed by atoms with E-state index in [-0.39, 0.29) is 0 Å². The first-order valence-electron chi connectivity index (χ1n) is 3.08. The monoisotopic (exact) mass is 171 g/mol. The van der Waals surface area contributed by atoms with Crippen LogP contribution in [-0.2, 0) is 0 Å². The van der Waals surface area contributed by atoms with Gasteiger partial charge in [-0.3, -0.25) is 4.98 Å². The number of aryl methyl sites for hydroxylation is 1. The zero-order valence-electron chi connectivity index (χ0n) is 5.87. The van der Waals surface area contributed by atoms with Crippen molar-refractivity contribution in [2.24, 2.45) is 0 Å². The number of hydrogen-bond acceptors (Lipinski definition) is 2. The normalized spacial score (nSPS) is 9.80.